The van der Waals surface area contributed by atoms with Gasteiger partial charge in [-0.1, -0.05) is 0 Å². The highest BCUT2D eigenvalue weighted by molar-refractivity contribution is 9.10. The fourth-order valence-electron chi connectivity index (χ4n) is 1.66. The van der Waals surface area contributed by atoms with Gasteiger partial charge in [0.1, 0.15) is 11.4 Å². The summed E-state index contributed by atoms with van der Waals surface area (Å²) in [6, 6.07) is 5.01. The van der Waals surface area contributed by atoms with Crippen LogP contribution in [0.5, 0.6) is 5.75 Å². The number of phenolic OH excluding ortho intramolecular Hbond substituents is 1. The zero-order valence-electron chi connectivity index (χ0n) is 8.82. The molecule has 1 aromatic carbocycles. The third-order valence-corrected chi connectivity index (χ3v) is 3.37. The molecular formula is C11H10BrNO3. The van der Waals surface area contributed by atoms with E-state index >= 15 is 0 Å². The lowest BCUT2D eigenvalue weighted by Crippen LogP contribution is -2.06. The van der Waals surface area contributed by atoms with Crippen LogP contribution in [0.1, 0.15) is 10.5 Å². The largest absolute Gasteiger partial charge is 0.507 e. The molecule has 0 saturated heterocycles. The van der Waals surface area contributed by atoms with Crippen LogP contribution in [0.25, 0.3) is 10.9 Å². The normalized spacial score (nSPS) is 10.7. The number of ether oxygens (including phenoxy) is 1. The quantitative estimate of drug-likeness (QED) is 0.818. The van der Waals surface area contributed by atoms with E-state index in [4.69, 9.17) is 0 Å². The standard InChI is InChI=1S/C11H10BrNO3/c1-13-7-3-4-9(14)10(12)6(7)5-8(13)11(15)16-2/h3-5,14H,1-2H3. The molecule has 0 aliphatic heterocycles. The molecular weight excluding hydrogens is 274 g/mol. The number of carbonyl (C=O) groups excluding carboxylic acids is 1. The second-order valence-corrected chi connectivity index (χ2v) is 4.20. The second-order valence-electron chi connectivity index (χ2n) is 3.41. The molecule has 1 N–H and O–H groups in total. The minimum Gasteiger partial charge on any atom is -0.507 e. The molecule has 0 saturated carbocycles. The molecule has 0 radical (unpaired) electrons. The van der Waals surface area contributed by atoms with Crippen molar-refractivity contribution in [3.05, 3.63) is 28.4 Å². The van der Waals surface area contributed by atoms with Gasteiger partial charge in [-0.2, -0.15) is 0 Å². The van der Waals surface area contributed by atoms with E-state index in [2.05, 4.69) is 20.7 Å². The first-order valence-corrected chi connectivity index (χ1v) is 5.40. The Hall–Kier alpha value is -1.49. The molecule has 0 spiro atoms. The zero-order valence-corrected chi connectivity index (χ0v) is 10.4. The molecule has 1 aromatic heterocycles. The van der Waals surface area contributed by atoms with Gasteiger partial charge in [0, 0.05) is 18.0 Å². The number of carbonyl (C=O) groups is 1. The number of methoxy groups -OCH3 is 1. The molecule has 0 aliphatic rings. The van der Waals surface area contributed by atoms with Crippen molar-refractivity contribution >= 4 is 32.8 Å². The summed E-state index contributed by atoms with van der Waals surface area (Å²) in [6.07, 6.45) is 0. The molecule has 0 amide bonds. The number of rotatable bonds is 1. The van der Waals surface area contributed by atoms with E-state index in [-0.39, 0.29) is 5.75 Å². The van der Waals surface area contributed by atoms with Crippen LogP contribution in [0.4, 0.5) is 0 Å². The van der Waals surface area contributed by atoms with Crippen molar-refractivity contribution in [1.82, 2.24) is 4.57 Å². The third-order valence-electron chi connectivity index (χ3n) is 2.53. The first-order valence-electron chi connectivity index (χ1n) is 4.61. The van der Waals surface area contributed by atoms with Crippen LogP contribution < -0.4 is 0 Å². The fourth-order valence-corrected chi connectivity index (χ4v) is 2.11. The van der Waals surface area contributed by atoms with Crippen LogP contribution >= 0.6 is 15.9 Å². The number of aromatic hydroxyl groups is 1. The summed E-state index contributed by atoms with van der Waals surface area (Å²) in [6.45, 7) is 0. The molecule has 0 atom stereocenters. The third kappa shape index (κ3) is 1.48. The summed E-state index contributed by atoms with van der Waals surface area (Å²) in [5.74, 6) is -0.250. The van der Waals surface area contributed by atoms with E-state index in [9.17, 15) is 9.90 Å². The van der Waals surface area contributed by atoms with Gasteiger partial charge in [0.2, 0.25) is 0 Å². The summed E-state index contributed by atoms with van der Waals surface area (Å²) in [7, 11) is 3.12. The van der Waals surface area contributed by atoms with Crippen LogP contribution in [0.15, 0.2) is 22.7 Å². The van der Waals surface area contributed by atoms with Gasteiger partial charge < -0.3 is 14.4 Å². The van der Waals surface area contributed by atoms with Gasteiger partial charge in [0.25, 0.3) is 0 Å². The Morgan fingerprint density at radius 2 is 2.19 bits per heavy atom. The minimum atomic E-state index is -0.398. The highest BCUT2D eigenvalue weighted by atomic mass is 79.9. The van der Waals surface area contributed by atoms with Gasteiger partial charge in [-0.15, -0.1) is 0 Å². The van der Waals surface area contributed by atoms with E-state index < -0.39 is 5.97 Å². The molecule has 2 rings (SSSR count). The van der Waals surface area contributed by atoms with Crippen molar-refractivity contribution in [2.24, 2.45) is 7.05 Å². The maximum atomic E-state index is 11.5. The van der Waals surface area contributed by atoms with Crippen molar-refractivity contribution < 1.29 is 14.6 Å². The van der Waals surface area contributed by atoms with E-state index in [0.29, 0.717) is 10.2 Å². The Labute approximate surface area is 101 Å². The van der Waals surface area contributed by atoms with E-state index in [0.717, 1.165) is 10.9 Å². The smallest absolute Gasteiger partial charge is 0.354 e. The van der Waals surface area contributed by atoms with Gasteiger partial charge >= 0.3 is 5.97 Å². The van der Waals surface area contributed by atoms with Crippen molar-refractivity contribution in [3.8, 4) is 5.75 Å². The molecule has 16 heavy (non-hydrogen) atoms. The molecule has 0 unspecified atom stereocenters. The fraction of sp³-hybridized carbons (Fsp3) is 0.182. The summed E-state index contributed by atoms with van der Waals surface area (Å²) in [5, 5.41) is 10.3. The number of hydrogen-bond acceptors (Lipinski definition) is 3. The monoisotopic (exact) mass is 283 g/mol. The first-order chi connectivity index (χ1) is 7.56. The molecule has 0 aliphatic carbocycles. The Morgan fingerprint density at radius 3 is 2.81 bits per heavy atom. The summed E-state index contributed by atoms with van der Waals surface area (Å²) in [5.41, 5.74) is 1.30. The van der Waals surface area contributed by atoms with Gasteiger partial charge in [-0.05, 0) is 34.1 Å². The maximum Gasteiger partial charge on any atom is 0.354 e. The number of fused-ring (bicyclic) bond motifs is 1. The summed E-state index contributed by atoms with van der Waals surface area (Å²) in [4.78, 5) is 11.5. The Kier molecular flexibility index (Phi) is 2.63. The average molecular weight is 284 g/mol. The Morgan fingerprint density at radius 1 is 1.50 bits per heavy atom. The highest BCUT2D eigenvalue weighted by Crippen LogP contribution is 2.33. The van der Waals surface area contributed by atoms with Crippen molar-refractivity contribution in [1.29, 1.82) is 0 Å². The number of aromatic nitrogens is 1. The number of nitrogens with zero attached hydrogens (tertiary/aromatic N) is 1. The van der Waals surface area contributed by atoms with Crippen molar-refractivity contribution in [2.75, 3.05) is 7.11 Å². The van der Waals surface area contributed by atoms with Crippen LogP contribution in [0, 0.1) is 0 Å². The summed E-state index contributed by atoms with van der Waals surface area (Å²) < 4.78 is 6.99. The SMILES string of the molecule is COC(=O)c1cc2c(Br)c(O)ccc2n1C. The number of hydrogen-bond donors (Lipinski definition) is 1. The maximum absolute atomic E-state index is 11.5. The van der Waals surface area contributed by atoms with E-state index in [1.807, 2.05) is 0 Å². The number of halogens is 1. The molecule has 84 valence electrons. The van der Waals surface area contributed by atoms with Gasteiger partial charge in [-0.25, -0.2) is 4.79 Å². The molecule has 5 heteroatoms. The van der Waals surface area contributed by atoms with Gasteiger partial charge in [-0.3, -0.25) is 0 Å². The van der Waals surface area contributed by atoms with E-state index in [1.165, 1.54) is 7.11 Å². The molecule has 0 fully saturated rings. The lowest BCUT2D eigenvalue weighted by molar-refractivity contribution is 0.0590. The van der Waals surface area contributed by atoms with Crippen molar-refractivity contribution in [3.63, 3.8) is 0 Å². The number of esters is 1. The lowest BCUT2D eigenvalue weighted by atomic mass is 10.2. The second kappa shape index (κ2) is 3.83. The topological polar surface area (TPSA) is 51.5 Å². The average Bonchev–Trinajstić information content (AvgIpc) is 2.61. The van der Waals surface area contributed by atoms with Crippen LogP contribution in [-0.2, 0) is 11.8 Å². The van der Waals surface area contributed by atoms with Crippen LogP contribution in [0.3, 0.4) is 0 Å². The Bertz CT molecular complexity index is 574. The molecule has 1 heterocycles. The van der Waals surface area contributed by atoms with Crippen LogP contribution in [-0.4, -0.2) is 22.8 Å². The highest BCUT2D eigenvalue weighted by Gasteiger charge is 2.16. The zero-order chi connectivity index (χ0) is 11.9. The molecule has 2 aromatic rings. The Balaban J connectivity index is 2.77. The van der Waals surface area contributed by atoms with Crippen LogP contribution in [0.2, 0.25) is 0 Å². The van der Waals surface area contributed by atoms with E-state index in [1.54, 1.807) is 29.8 Å². The predicted molar refractivity (Wildman–Crippen MR) is 63.6 cm³/mol. The number of benzene rings is 1. The predicted octanol–water partition coefficient (Wildman–Crippen LogP) is 2.43. The molecule has 0 bridgehead atoms. The number of phenols is 1. The van der Waals surface area contributed by atoms with Gasteiger partial charge in [0.15, 0.2) is 0 Å². The molecule has 4 nitrogen and oxygen atoms in total. The van der Waals surface area contributed by atoms with Gasteiger partial charge in [0.05, 0.1) is 11.6 Å². The van der Waals surface area contributed by atoms with Crippen molar-refractivity contribution in [2.45, 2.75) is 0 Å². The number of aryl methyl sites for hydroxylation is 1. The summed E-state index contributed by atoms with van der Waals surface area (Å²) >= 11 is 3.28. The first kappa shape index (κ1) is 11.0. The minimum absolute atomic E-state index is 0.148. The lowest BCUT2D eigenvalue weighted by Gasteiger charge is -2.02.